The van der Waals surface area contributed by atoms with Crippen LogP contribution in [0.15, 0.2) is 30.6 Å². The maximum Gasteiger partial charge on any atom is 0.165 e. The van der Waals surface area contributed by atoms with Crippen molar-refractivity contribution >= 4 is 5.69 Å². The molecule has 0 saturated carbocycles. The molecule has 0 bridgehead atoms. The van der Waals surface area contributed by atoms with Gasteiger partial charge >= 0.3 is 0 Å². The molecule has 0 atom stereocenters. The molecular formula is C10H10FN3O. The van der Waals surface area contributed by atoms with Gasteiger partial charge in [0.1, 0.15) is 5.82 Å². The zero-order valence-electron chi connectivity index (χ0n) is 8.14. The molecule has 0 spiro atoms. The second-order valence-electron chi connectivity index (χ2n) is 3.13. The summed E-state index contributed by atoms with van der Waals surface area (Å²) in [6.07, 6.45) is 3.26. The van der Waals surface area contributed by atoms with Crippen molar-refractivity contribution in [2.75, 3.05) is 5.73 Å². The van der Waals surface area contributed by atoms with E-state index in [4.69, 9.17) is 10.5 Å². The number of anilines is 1. The van der Waals surface area contributed by atoms with Crippen LogP contribution in [0.4, 0.5) is 10.1 Å². The summed E-state index contributed by atoms with van der Waals surface area (Å²) in [5.74, 6) is 0.603. The van der Waals surface area contributed by atoms with Crippen LogP contribution in [-0.2, 0) is 7.05 Å². The molecule has 2 aromatic rings. The maximum absolute atomic E-state index is 12.7. The topological polar surface area (TPSA) is 53.1 Å². The number of aryl methyl sites for hydroxylation is 1. The Morgan fingerprint density at radius 1 is 1.47 bits per heavy atom. The van der Waals surface area contributed by atoms with E-state index >= 15 is 0 Å². The molecule has 5 heteroatoms. The molecule has 0 amide bonds. The fourth-order valence-corrected chi connectivity index (χ4v) is 1.19. The highest BCUT2D eigenvalue weighted by Gasteiger charge is 2.04. The first kappa shape index (κ1) is 9.51. The molecular weight excluding hydrogens is 197 g/mol. The number of hydrogen-bond donors (Lipinski definition) is 1. The minimum absolute atomic E-state index is 0.263. The van der Waals surface area contributed by atoms with Crippen LogP contribution in [0, 0.1) is 5.82 Å². The summed E-state index contributed by atoms with van der Waals surface area (Å²) in [4.78, 5) is 0. The van der Waals surface area contributed by atoms with Crippen LogP contribution in [0.25, 0.3) is 0 Å². The molecule has 0 unspecified atom stereocenters. The first-order chi connectivity index (χ1) is 7.15. The van der Waals surface area contributed by atoms with E-state index in [1.807, 2.05) is 0 Å². The fourth-order valence-electron chi connectivity index (χ4n) is 1.19. The summed E-state index contributed by atoms with van der Waals surface area (Å²) < 4.78 is 19.8. The lowest BCUT2D eigenvalue weighted by Crippen LogP contribution is -1.92. The zero-order chi connectivity index (χ0) is 10.8. The van der Waals surface area contributed by atoms with E-state index < -0.39 is 0 Å². The molecule has 0 radical (unpaired) electrons. The highest BCUT2D eigenvalue weighted by atomic mass is 19.1. The zero-order valence-corrected chi connectivity index (χ0v) is 8.14. The molecule has 2 N–H and O–H groups in total. The number of ether oxygens (including phenoxy) is 1. The van der Waals surface area contributed by atoms with Gasteiger partial charge in [-0.1, -0.05) is 0 Å². The number of nitrogen functional groups attached to an aromatic ring is 1. The average Bonchev–Trinajstić information content (AvgIpc) is 2.56. The molecule has 0 aliphatic carbocycles. The van der Waals surface area contributed by atoms with Gasteiger partial charge in [0.2, 0.25) is 0 Å². The third-order valence-electron chi connectivity index (χ3n) is 1.88. The fraction of sp³-hybridized carbons (Fsp3) is 0.100. The lowest BCUT2D eigenvalue weighted by atomic mass is 10.3. The van der Waals surface area contributed by atoms with Gasteiger partial charge in [-0.3, -0.25) is 4.68 Å². The van der Waals surface area contributed by atoms with Crippen molar-refractivity contribution in [1.82, 2.24) is 9.78 Å². The minimum atomic E-state index is -0.383. The van der Waals surface area contributed by atoms with Crippen LogP contribution in [0.1, 0.15) is 0 Å². The van der Waals surface area contributed by atoms with E-state index in [0.29, 0.717) is 11.5 Å². The van der Waals surface area contributed by atoms with Crippen molar-refractivity contribution in [3.05, 3.63) is 36.4 Å². The summed E-state index contributed by atoms with van der Waals surface area (Å²) in [5.41, 5.74) is 5.85. The summed E-state index contributed by atoms with van der Waals surface area (Å²) in [6.45, 7) is 0. The molecule has 1 aromatic heterocycles. The normalized spacial score (nSPS) is 10.3. The number of nitrogens with zero attached hydrogens (tertiary/aromatic N) is 2. The van der Waals surface area contributed by atoms with Crippen LogP contribution < -0.4 is 10.5 Å². The highest BCUT2D eigenvalue weighted by Crippen LogP contribution is 2.27. The maximum atomic E-state index is 12.7. The smallest absolute Gasteiger partial charge is 0.165 e. The Morgan fingerprint density at radius 3 is 2.87 bits per heavy atom. The third-order valence-corrected chi connectivity index (χ3v) is 1.88. The molecule has 1 heterocycles. The van der Waals surface area contributed by atoms with Gasteiger partial charge in [-0.15, -0.1) is 0 Å². The quantitative estimate of drug-likeness (QED) is 0.765. The standard InChI is InChI=1S/C10H10FN3O/c1-14-6-8(5-13-14)15-10-3-2-7(11)4-9(10)12/h2-6H,12H2,1H3. The van der Waals surface area contributed by atoms with Crippen molar-refractivity contribution in [3.8, 4) is 11.5 Å². The van der Waals surface area contributed by atoms with Gasteiger partial charge in [0.25, 0.3) is 0 Å². The van der Waals surface area contributed by atoms with Gasteiger partial charge in [-0.25, -0.2) is 4.39 Å². The van der Waals surface area contributed by atoms with Crippen LogP contribution in [0.3, 0.4) is 0 Å². The Hall–Kier alpha value is -2.04. The molecule has 1 aromatic carbocycles. The van der Waals surface area contributed by atoms with Crippen LogP contribution in [0.5, 0.6) is 11.5 Å². The molecule has 0 saturated heterocycles. The Balaban J connectivity index is 2.24. The average molecular weight is 207 g/mol. The molecule has 4 nitrogen and oxygen atoms in total. The highest BCUT2D eigenvalue weighted by molar-refractivity contribution is 5.53. The number of aromatic nitrogens is 2. The van der Waals surface area contributed by atoms with Crippen molar-refractivity contribution in [2.45, 2.75) is 0 Å². The molecule has 0 aliphatic rings. The summed E-state index contributed by atoms with van der Waals surface area (Å²) in [7, 11) is 1.78. The Morgan fingerprint density at radius 2 is 2.27 bits per heavy atom. The number of benzene rings is 1. The predicted octanol–water partition coefficient (Wildman–Crippen LogP) is 1.93. The van der Waals surface area contributed by atoms with Gasteiger partial charge in [0.15, 0.2) is 11.5 Å². The first-order valence-corrected chi connectivity index (χ1v) is 4.36. The van der Waals surface area contributed by atoms with Gasteiger partial charge in [-0.2, -0.15) is 5.10 Å². The summed E-state index contributed by atoms with van der Waals surface area (Å²) in [6, 6.07) is 3.99. The van der Waals surface area contributed by atoms with Crippen LogP contribution in [0.2, 0.25) is 0 Å². The van der Waals surface area contributed by atoms with E-state index in [0.717, 1.165) is 0 Å². The second kappa shape index (κ2) is 3.61. The van der Waals surface area contributed by atoms with Crippen molar-refractivity contribution in [3.63, 3.8) is 0 Å². The first-order valence-electron chi connectivity index (χ1n) is 4.36. The van der Waals surface area contributed by atoms with E-state index in [9.17, 15) is 4.39 Å². The van der Waals surface area contributed by atoms with Crippen molar-refractivity contribution in [2.24, 2.45) is 7.05 Å². The number of nitrogens with two attached hydrogens (primary N) is 1. The third kappa shape index (κ3) is 2.07. The van der Waals surface area contributed by atoms with Crippen molar-refractivity contribution in [1.29, 1.82) is 0 Å². The predicted molar refractivity (Wildman–Crippen MR) is 54.1 cm³/mol. The molecule has 78 valence electrons. The van der Waals surface area contributed by atoms with Crippen LogP contribution in [-0.4, -0.2) is 9.78 Å². The lowest BCUT2D eigenvalue weighted by Gasteiger charge is -2.05. The molecule has 15 heavy (non-hydrogen) atoms. The number of hydrogen-bond acceptors (Lipinski definition) is 3. The van der Waals surface area contributed by atoms with Crippen molar-refractivity contribution < 1.29 is 9.13 Å². The van der Waals surface area contributed by atoms with E-state index in [1.165, 1.54) is 18.2 Å². The minimum Gasteiger partial charge on any atom is -0.452 e. The van der Waals surface area contributed by atoms with Gasteiger partial charge in [-0.05, 0) is 12.1 Å². The number of rotatable bonds is 2. The van der Waals surface area contributed by atoms with Gasteiger partial charge in [0, 0.05) is 13.1 Å². The Labute approximate surface area is 86.1 Å². The molecule has 0 fully saturated rings. The second-order valence-corrected chi connectivity index (χ2v) is 3.13. The molecule has 0 aliphatic heterocycles. The summed E-state index contributed by atoms with van der Waals surface area (Å²) in [5, 5.41) is 3.94. The SMILES string of the molecule is Cn1cc(Oc2ccc(F)cc2N)cn1. The number of halogens is 1. The van der Waals surface area contributed by atoms with E-state index in [1.54, 1.807) is 24.1 Å². The van der Waals surface area contributed by atoms with E-state index in [-0.39, 0.29) is 11.5 Å². The largest absolute Gasteiger partial charge is 0.452 e. The van der Waals surface area contributed by atoms with Crippen LogP contribution >= 0.6 is 0 Å². The van der Waals surface area contributed by atoms with Gasteiger partial charge in [0.05, 0.1) is 18.1 Å². The molecule has 2 rings (SSSR count). The Bertz CT molecular complexity index is 481. The monoisotopic (exact) mass is 207 g/mol. The summed E-state index contributed by atoms with van der Waals surface area (Å²) >= 11 is 0. The van der Waals surface area contributed by atoms with E-state index in [2.05, 4.69) is 5.10 Å². The lowest BCUT2D eigenvalue weighted by molar-refractivity contribution is 0.482. The van der Waals surface area contributed by atoms with Gasteiger partial charge < -0.3 is 10.5 Å². The Kier molecular flexibility index (Phi) is 2.29.